The third-order valence-corrected chi connectivity index (χ3v) is 0. The lowest BCUT2D eigenvalue weighted by Crippen LogP contribution is -2.28. The van der Waals surface area contributed by atoms with E-state index in [2.05, 4.69) is 0 Å². The molecule has 0 fully saturated rings. The summed E-state index contributed by atoms with van der Waals surface area (Å²) in [4.78, 5) is 23.3. The van der Waals surface area contributed by atoms with Gasteiger partial charge < -0.3 is 20.5 Å². The highest BCUT2D eigenvalue weighted by Gasteiger charge is 2.14. The quantitative estimate of drug-likeness (QED) is 0.292. The van der Waals surface area contributed by atoms with Gasteiger partial charge in [-0.1, -0.05) is 0 Å². The predicted molar refractivity (Wildman–Crippen MR) is 23.3 cm³/mol. The maximum absolute atomic E-state index is 7.77. The SMILES string of the molecule is C[Si](O)(O)O.N. The van der Waals surface area contributed by atoms with Gasteiger partial charge in [-0.05, 0) is 0 Å². The smallest absolute Gasteiger partial charge is 0.390 e. The van der Waals surface area contributed by atoms with Crippen LogP contribution in [-0.4, -0.2) is 23.2 Å². The van der Waals surface area contributed by atoms with Crippen LogP contribution < -0.4 is 6.15 Å². The molecule has 0 saturated heterocycles. The largest absolute Gasteiger partial charge is 0.489 e. The van der Waals surface area contributed by atoms with Crippen molar-refractivity contribution in [2.24, 2.45) is 0 Å². The van der Waals surface area contributed by atoms with Crippen molar-refractivity contribution in [2.45, 2.75) is 6.55 Å². The Morgan fingerprint density at radius 3 is 1.17 bits per heavy atom. The molecule has 4 nitrogen and oxygen atoms in total. The predicted octanol–water partition coefficient (Wildman–Crippen LogP) is -1.31. The molecule has 0 aliphatic carbocycles. The van der Waals surface area contributed by atoms with E-state index in [9.17, 15) is 0 Å². The lowest BCUT2D eigenvalue weighted by atomic mass is 11.9. The standard InChI is InChI=1S/CH6O3Si.H3N/c1-5(2,3)4;/h2-4H,1H3;1H3. The molecule has 0 aliphatic heterocycles. The minimum Gasteiger partial charge on any atom is -0.390 e. The third-order valence-electron chi connectivity index (χ3n) is 0. The average molecular weight is 111 g/mol. The minimum absolute atomic E-state index is 0. The highest BCUT2D eigenvalue weighted by molar-refractivity contribution is 6.54. The van der Waals surface area contributed by atoms with E-state index < -0.39 is 8.80 Å². The summed E-state index contributed by atoms with van der Waals surface area (Å²) in [7, 11) is -3.61. The molecule has 0 aromatic carbocycles. The van der Waals surface area contributed by atoms with Gasteiger partial charge in [0.2, 0.25) is 0 Å². The van der Waals surface area contributed by atoms with E-state index in [1.807, 2.05) is 0 Å². The first kappa shape index (κ1) is 9.41. The molecule has 0 unspecified atom stereocenters. The fraction of sp³-hybridized carbons (Fsp3) is 1.00. The van der Waals surface area contributed by atoms with Crippen molar-refractivity contribution in [3.05, 3.63) is 0 Å². The van der Waals surface area contributed by atoms with Crippen molar-refractivity contribution in [3.8, 4) is 0 Å². The molecule has 0 aliphatic rings. The van der Waals surface area contributed by atoms with Crippen LogP contribution in [0.5, 0.6) is 0 Å². The maximum atomic E-state index is 7.77. The van der Waals surface area contributed by atoms with Crippen LogP contribution in [0.1, 0.15) is 0 Å². The van der Waals surface area contributed by atoms with Gasteiger partial charge >= 0.3 is 8.80 Å². The lowest BCUT2D eigenvalue weighted by Gasteiger charge is -1.95. The molecular weight excluding hydrogens is 102 g/mol. The van der Waals surface area contributed by atoms with Crippen molar-refractivity contribution in [1.29, 1.82) is 0 Å². The summed E-state index contributed by atoms with van der Waals surface area (Å²) in [5.74, 6) is 0. The normalized spacial score (nSPS) is 10.0. The highest BCUT2D eigenvalue weighted by Crippen LogP contribution is 1.75. The summed E-state index contributed by atoms with van der Waals surface area (Å²) in [5, 5.41) is 0. The second-order valence-corrected chi connectivity index (χ2v) is 2.91. The fourth-order valence-corrected chi connectivity index (χ4v) is 0. The van der Waals surface area contributed by atoms with E-state index in [0.717, 1.165) is 6.55 Å². The Kier molecular flexibility index (Phi) is 3.56. The van der Waals surface area contributed by atoms with Gasteiger partial charge in [0, 0.05) is 6.55 Å². The molecule has 0 saturated carbocycles. The van der Waals surface area contributed by atoms with Gasteiger partial charge in [-0.3, -0.25) is 0 Å². The Labute approximate surface area is 37.0 Å². The van der Waals surface area contributed by atoms with Crippen LogP contribution in [0.25, 0.3) is 0 Å². The Balaban J connectivity index is 0. The molecule has 6 heavy (non-hydrogen) atoms. The molecule has 40 valence electrons. The van der Waals surface area contributed by atoms with Crippen molar-refractivity contribution in [2.75, 3.05) is 0 Å². The van der Waals surface area contributed by atoms with Gasteiger partial charge in [-0.15, -0.1) is 0 Å². The van der Waals surface area contributed by atoms with Gasteiger partial charge in [-0.2, -0.15) is 0 Å². The van der Waals surface area contributed by atoms with E-state index in [-0.39, 0.29) is 6.15 Å². The fourth-order valence-electron chi connectivity index (χ4n) is 0. The van der Waals surface area contributed by atoms with Gasteiger partial charge in [0.15, 0.2) is 0 Å². The molecule has 6 N–H and O–H groups in total. The van der Waals surface area contributed by atoms with Crippen molar-refractivity contribution < 1.29 is 14.4 Å². The first-order chi connectivity index (χ1) is 2.00. The van der Waals surface area contributed by atoms with E-state index in [0.29, 0.717) is 0 Å². The number of hydrogen-bond acceptors (Lipinski definition) is 4. The van der Waals surface area contributed by atoms with E-state index in [4.69, 9.17) is 14.4 Å². The zero-order chi connectivity index (χ0) is 4.50. The summed E-state index contributed by atoms with van der Waals surface area (Å²) < 4.78 is 0. The summed E-state index contributed by atoms with van der Waals surface area (Å²) in [6.07, 6.45) is 0. The summed E-state index contributed by atoms with van der Waals surface area (Å²) in [6, 6.07) is 0. The minimum atomic E-state index is -3.61. The maximum Gasteiger partial charge on any atom is 0.489 e. The molecular formula is CH9NO3Si. The third kappa shape index (κ3) is 11700. The molecule has 0 radical (unpaired) electrons. The summed E-state index contributed by atoms with van der Waals surface area (Å²) >= 11 is 0. The van der Waals surface area contributed by atoms with Crippen molar-refractivity contribution in [1.82, 2.24) is 6.15 Å². The Morgan fingerprint density at radius 1 is 1.17 bits per heavy atom. The van der Waals surface area contributed by atoms with Gasteiger partial charge in [0.25, 0.3) is 0 Å². The van der Waals surface area contributed by atoms with Crippen LogP contribution in [0.4, 0.5) is 0 Å². The van der Waals surface area contributed by atoms with Crippen molar-refractivity contribution >= 4 is 8.80 Å². The van der Waals surface area contributed by atoms with Gasteiger partial charge in [0.1, 0.15) is 0 Å². The van der Waals surface area contributed by atoms with E-state index in [1.54, 1.807) is 0 Å². The van der Waals surface area contributed by atoms with Crippen LogP contribution in [0, 0.1) is 0 Å². The van der Waals surface area contributed by atoms with Crippen LogP contribution in [0.15, 0.2) is 0 Å². The first-order valence-corrected chi connectivity index (χ1v) is 3.51. The number of rotatable bonds is 0. The zero-order valence-corrected chi connectivity index (χ0v) is 4.55. The van der Waals surface area contributed by atoms with Gasteiger partial charge in [-0.25, -0.2) is 0 Å². The molecule has 0 spiro atoms. The van der Waals surface area contributed by atoms with E-state index in [1.165, 1.54) is 0 Å². The monoisotopic (exact) mass is 111 g/mol. The molecule has 0 bridgehead atoms. The van der Waals surface area contributed by atoms with Crippen molar-refractivity contribution in [3.63, 3.8) is 0 Å². The van der Waals surface area contributed by atoms with Crippen LogP contribution in [-0.2, 0) is 0 Å². The van der Waals surface area contributed by atoms with Crippen LogP contribution in [0.3, 0.4) is 0 Å². The second-order valence-electron chi connectivity index (χ2n) is 0.971. The Morgan fingerprint density at radius 2 is 1.17 bits per heavy atom. The average Bonchev–Trinajstić information content (AvgIpc) is 0.722. The molecule has 0 aromatic heterocycles. The second kappa shape index (κ2) is 2.27. The molecule has 0 amide bonds. The van der Waals surface area contributed by atoms with Gasteiger partial charge in [0.05, 0.1) is 0 Å². The lowest BCUT2D eigenvalue weighted by molar-refractivity contribution is 0.239. The summed E-state index contributed by atoms with van der Waals surface area (Å²) in [6.45, 7) is 0.993. The Hall–Kier alpha value is 0.0569. The topological polar surface area (TPSA) is 95.7 Å². The summed E-state index contributed by atoms with van der Waals surface area (Å²) in [5.41, 5.74) is 0. The molecule has 0 atom stereocenters. The molecule has 0 heterocycles. The molecule has 0 aromatic rings. The molecule has 0 rings (SSSR count). The van der Waals surface area contributed by atoms with Crippen LogP contribution >= 0.6 is 0 Å². The highest BCUT2D eigenvalue weighted by atomic mass is 28.4. The zero-order valence-electron chi connectivity index (χ0n) is 3.55. The Bertz CT molecular complexity index is 26.3. The van der Waals surface area contributed by atoms with E-state index >= 15 is 0 Å². The first-order valence-electron chi connectivity index (χ1n) is 1.17. The molecule has 5 heteroatoms. The number of hydrogen-bond donors (Lipinski definition) is 4. The van der Waals surface area contributed by atoms with Crippen LogP contribution in [0.2, 0.25) is 6.55 Å².